The molecule has 6 aromatic carbocycles. The van der Waals surface area contributed by atoms with Crippen LogP contribution in [0.1, 0.15) is 39.3 Å². The second-order valence-corrected chi connectivity index (χ2v) is 13.8. The summed E-state index contributed by atoms with van der Waals surface area (Å²) in [4.78, 5) is 2.52. The van der Waals surface area contributed by atoms with Gasteiger partial charge in [-0.15, -0.1) is 0 Å². The highest BCUT2D eigenvalue weighted by Gasteiger charge is 2.38. The number of hydrogen-bond donors (Lipinski definition) is 0. The van der Waals surface area contributed by atoms with E-state index in [1.165, 1.54) is 88.9 Å². The van der Waals surface area contributed by atoms with Crippen LogP contribution < -0.4 is 4.90 Å². The van der Waals surface area contributed by atoms with Crippen LogP contribution in [0.15, 0.2) is 146 Å². The average molecular weight is 619 g/mol. The quantitative estimate of drug-likeness (QED) is 0.191. The fraction of sp³-hybridized carbons (Fsp3) is 0.130. The van der Waals surface area contributed by atoms with Crippen molar-refractivity contribution in [2.45, 2.75) is 39.7 Å². The van der Waals surface area contributed by atoms with E-state index in [0.29, 0.717) is 0 Å². The lowest BCUT2D eigenvalue weighted by Gasteiger charge is -2.30. The second kappa shape index (κ2) is 11.0. The molecule has 0 saturated carbocycles. The smallest absolute Gasteiger partial charge is 0.0630 e. The molecule has 2 nitrogen and oxygen atoms in total. The van der Waals surface area contributed by atoms with Crippen LogP contribution in [0, 0.1) is 27.7 Å². The zero-order valence-corrected chi connectivity index (χ0v) is 27.9. The van der Waals surface area contributed by atoms with Gasteiger partial charge in [0.1, 0.15) is 0 Å². The zero-order valence-electron chi connectivity index (χ0n) is 27.9. The first kappa shape index (κ1) is 28.6. The van der Waals surface area contributed by atoms with Crippen LogP contribution in [0.3, 0.4) is 0 Å². The van der Waals surface area contributed by atoms with Crippen LogP contribution in [0.4, 0.5) is 11.4 Å². The number of rotatable bonds is 4. The van der Waals surface area contributed by atoms with Crippen LogP contribution in [-0.2, 0) is 0 Å². The monoisotopic (exact) mass is 618 g/mol. The van der Waals surface area contributed by atoms with Gasteiger partial charge >= 0.3 is 0 Å². The first-order chi connectivity index (χ1) is 23.4. The Labute approximate surface area is 282 Å². The van der Waals surface area contributed by atoms with Gasteiger partial charge in [0.2, 0.25) is 0 Å². The van der Waals surface area contributed by atoms with Crippen molar-refractivity contribution in [3.8, 4) is 16.8 Å². The standard InChI is InChI=1S/C46H38N2/c1-29-21-30(2)24-36(23-29)33-13-17-37(18-14-33)47-44-12-8-6-10-40(44)42-27-34(16-20-45(42)47)35-15-19-41-39-9-5-7-11-43(39)48(46(41)28-35)38-25-31(3)22-32(4)26-38/h5-28,42,45H,1-4H3. The van der Waals surface area contributed by atoms with Crippen molar-refractivity contribution in [1.82, 2.24) is 4.57 Å². The second-order valence-electron chi connectivity index (χ2n) is 13.8. The summed E-state index contributed by atoms with van der Waals surface area (Å²) in [5.74, 6) is 0.265. The Hall–Kier alpha value is -5.60. The van der Waals surface area contributed by atoms with Crippen molar-refractivity contribution >= 4 is 38.8 Å². The normalized spacial score (nSPS) is 16.8. The molecule has 7 aromatic rings. The highest BCUT2D eigenvalue weighted by atomic mass is 15.2. The van der Waals surface area contributed by atoms with Crippen LogP contribution in [0.5, 0.6) is 0 Å². The molecule has 0 amide bonds. The van der Waals surface area contributed by atoms with Crippen molar-refractivity contribution in [3.05, 3.63) is 179 Å². The molecule has 1 aromatic heterocycles. The lowest BCUT2D eigenvalue weighted by atomic mass is 9.86. The Kier molecular flexibility index (Phi) is 6.55. The SMILES string of the molecule is Cc1cc(C)cc(-c2ccc(N3c4ccccc4C4C=C(c5ccc6c7ccccc7n(-c7cc(C)cc(C)c7)c6c5)C=CC43)cc2)c1. The highest BCUT2D eigenvalue weighted by Crippen LogP contribution is 2.49. The number of aromatic nitrogens is 1. The van der Waals surface area contributed by atoms with E-state index >= 15 is 0 Å². The topological polar surface area (TPSA) is 8.17 Å². The van der Waals surface area contributed by atoms with Gasteiger partial charge in [0, 0.05) is 33.8 Å². The molecule has 0 radical (unpaired) electrons. The Morgan fingerprint density at radius 1 is 0.500 bits per heavy atom. The van der Waals surface area contributed by atoms with Crippen molar-refractivity contribution in [2.24, 2.45) is 0 Å². The van der Waals surface area contributed by atoms with Crippen LogP contribution >= 0.6 is 0 Å². The van der Waals surface area contributed by atoms with Gasteiger partial charge in [0.05, 0.1) is 17.1 Å². The molecule has 0 saturated heterocycles. The molecule has 0 N–H and O–H groups in total. The molecular weight excluding hydrogens is 581 g/mol. The number of para-hydroxylation sites is 2. The van der Waals surface area contributed by atoms with Gasteiger partial charge in [-0.25, -0.2) is 0 Å². The third kappa shape index (κ3) is 4.63. The molecule has 1 aliphatic carbocycles. The van der Waals surface area contributed by atoms with E-state index in [9.17, 15) is 0 Å². The minimum absolute atomic E-state index is 0.226. The lowest BCUT2D eigenvalue weighted by molar-refractivity contribution is 0.747. The van der Waals surface area contributed by atoms with E-state index in [0.717, 1.165) is 0 Å². The third-order valence-corrected chi connectivity index (χ3v) is 10.2. The zero-order chi connectivity index (χ0) is 32.5. The van der Waals surface area contributed by atoms with Gasteiger partial charge < -0.3 is 9.47 Å². The fourth-order valence-electron chi connectivity index (χ4n) is 8.31. The Bertz CT molecular complexity index is 2410. The number of aryl methyl sites for hydroxylation is 4. The van der Waals surface area contributed by atoms with Crippen LogP contribution in [0.2, 0.25) is 0 Å². The average Bonchev–Trinajstić information content (AvgIpc) is 3.60. The molecule has 0 bridgehead atoms. The number of allylic oxidation sites excluding steroid dienone is 2. The number of anilines is 2. The van der Waals surface area contributed by atoms with E-state index in [4.69, 9.17) is 0 Å². The maximum Gasteiger partial charge on any atom is 0.0630 e. The summed E-state index contributed by atoms with van der Waals surface area (Å²) < 4.78 is 2.44. The fourth-order valence-corrected chi connectivity index (χ4v) is 8.31. The summed E-state index contributed by atoms with van der Waals surface area (Å²) in [6.07, 6.45) is 7.26. The lowest BCUT2D eigenvalue weighted by Crippen LogP contribution is -2.28. The Balaban J connectivity index is 1.12. The van der Waals surface area contributed by atoms with Crippen molar-refractivity contribution in [2.75, 3.05) is 4.90 Å². The molecule has 2 heterocycles. The number of hydrogen-bond acceptors (Lipinski definition) is 1. The predicted molar refractivity (Wildman–Crippen MR) is 204 cm³/mol. The largest absolute Gasteiger partial charge is 0.333 e. The molecule has 0 fully saturated rings. The van der Waals surface area contributed by atoms with Gasteiger partial charge in [0.15, 0.2) is 0 Å². The summed E-state index contributed by atoms with van der Waals surface area (Å²) in [7, 11) is 0. The molecular formula is C46H38N2. The predicted octanol–water partition coefficient (Wildman–Crippen LogP) is 11.9. The number of nitrogens with zero attached hydrogens (tertiary/aromatic N) is 2. The summed E-state index contributed by atoms with van der Waals surface area (Å²) in [6, 6.07) is 47.7. The maximum atomic E-state index is 2.52. The van der Waals surface area contributed by atoms with E-state index in [-0.39, 0.29) is 12.0 Å². The molecule has 232 valence electrons. The van der Waals surface area contributed by atoms with Crippen LogP contribution in [0.25, 0.3) is 44.2 Å². The van der Waals surface area contributed by atoms with Gasteiger partial charge in [-0.1, -0.05) is 114 Å². The first-order valence-electron chi connectivity index (χ1n) is 17.0. The highest BCUT2D eigenvalue weighted by molar-refractivity contribution is 6.10. The molecule has 9 rings (SSSR count). The minimum atomic E-state index is 0.226. The van der Waals surface area contributed by atoms with E-state index < -0.39 is 0 Å². The first-order valence-corrected chi connectivity index (χ1v) is 17.0. The van der Waals surface area contributed by atoms with E-state index in [1.54, 1.807) is 0 Å². The Morgan fingerprint density at radius 2 is 1.15 bits per heavy atom. The Morgan fingerprint density at radius 3 is 1.92 bits per heavy atom. The third-order valence-electron chi connectivity index (χ3n) is 10.2. The molecule has 2 heteroatoms. The number of benzene rings is 6. The van der Waals surface area contributed by atoms with Gasteiger partial charge in [-0.3, -0.25) is 0 Å². The summed E-state index contributed by atoms with van der Waals surface area (Å²) >= 11 is 0. The molecule has 0 spiro atoms. The van der Waals surface area contributed by atoms with Crippen molar-refractivity contribution in [3.63, 3.8) is 0 Å². The summed E-state index contributed by atoms with van der Waals surface area (Å²) in [5, 5.41) is 2.57. The molecule has 2 atom stereocenters. The van der Waals surface area contributed by atoms with Crippen LogP contribution in [-0.4, -0.2) is 10.6 Å². The molecule has 48 heavy (non-hydrogen) atoms. The van der Waals surface area contributed by atoms with Gasteiger partial charge in [0.25, 0.3) is 0 Å². The molecule has 2 unspecified atom stereocenters. The maximum absolute atomic E-state index is 2.52. The molecule has 1 aliphatic heterocycles. The number of fused-ring (bicyclic) bond motifs is 6. The van der Waals surface area contributed by atoms with Gasteiger partial charge in [-0.05, 0) is 109 Å². The van der Waals surface area contributed by atoms with E-state index in [1.807, 2.05) is 0 Å². The summed E-state index contributed by atoms with van der Waals surface area (Å²) in [5.41, 5.74) is 17.8. The van der Waals surface area contributed by atoms with Gasteiger partial charge in [-0.2, -0.15) is 0 Å². The van der Waals surface area contributed by atoms with Crippen molar-refractivity contribution < 1.29 is 0 Å². The molecule has 2 aliphatic rings. The summed E-state index contributed by atoms with van der Waals surface area (Å²) in [6.45, 7) is 8.72. The minimum Gasteiger partial charge on any atom is -0.333 e. The van der Waals surface area contributed by atoms with Crippen molar-refractivity contribution in [1.29, 1.82) is 0 Å². The van der Waals surface area contributed by atoms with E-state index in [2.05, 4.69) is 183 Å².